The van der Waals surface area contributed by atoms with Gasteiger partial charge in [0.05, 0.1) is 18.6 Å². The van der Waals surface area contributed by atoms with Gasteiger partial charge in [-0.15, -0.1) is 0 Å². The summed E-state index contributed by atoms with van der Waals surface area (Å²) in [6.45, 7) is 3.77. The Kier molecular flexibility index (Phi) is 4.63. The van der Waals surface area contributed by atoms with Crippen LogP contribution in [0.4, 0.5) is 4.79 Å². The summed E-state index contributed by atoms with van der Waals surface area (Å²) in [5.41, 5.74) is 0. The number of piperidine rings is 1. The van der Waals surface area contributed by atoms with Crippen molar-refractivity contribution in [1.82, 2.24) is 10.2 Å². The van der Waals surface area contributed by atoms with Crippen molar-refractivity contribution in [1.29, 1.82) is 0 Å². The highest BCUT2D eigenvalue weighted by Gasteiger charge is 2.33. The fourth-order valence-corrected chi connectivity index (χ4v) is 2.81. The summed E-state index contributed by atoms with van der Waals surface area (Å²) in [6.07, 6.45) is 2.99. The number of urea groups is 1. The van der Waals surface area contributed by atoms with Crippen LogP contribution >= 0.6 is 0 Å². The van der Waals surface area contributed by atoms with Crippen molar-refractivity contribution in [3.63, 3.8) is 0 Å². The minimum absolute atomic E-state index is 0.0284. The highest BCUT2D eigenvalue weighted by Crippen LogP contribution is 2.23. The average molecular weight is 270 g/mol. The quantitative estimate of drug-likeness (QED) is 0.786. The van der Waals surface area contributed by atoms with E-state index in [1.54, 1.807) is 4.90 Å². The van der Waals surface area contributed by atoms with Gasteiger partial charge in [0.1, 0.15) is 0 Å². The molecule has 0 aromatic heterocycles. The van der Waals surface area contributed by atoms with Crippen molar-refractivity contribution < 1.29 is 19.4 Å². The van der Waals surface area contributed by atoms with Gasteiger partial charge in [-0.3, -0.25) is 4.79 Å². The summed E-state index contributed by atoms with van der Waals surface area (Å²) in [5.74, 6) is -1.08. The van der Waals surface area contributed by atoms with Crippen LogP contribution in [0, 0.1) is 5.92 Å². The molecule has 0 radical (unpaired) electrons. The molecule has 3 unspecified atom stereocenters. The number of hydrogen-bond acceptors (Lipinski definition) is 3. The number of carbonyl (C=O) groups is 2. The zero-order valence-electron chi connectivity index (χ0n) is 11.3. The molecule has 2 N–H and O–H groups in total. The van der Waals surface area contributed by atoms with Gasteiger partial charge < -0.3 is 20.1 Å². The molecule has 0 aromatic rings. The molecule has 0 aliphatic carbocycles. The predicted octanol–water partition coefficient (Wildman–Crippen LogP) is 1.06. The Hall–Kier alpha value is -1.30. The highest BCUT2D eigenvalue weighted by atomic mass is 16.5. The zero-order valence-corrected chi connectivity index (χ0v) is 11.3. The Balaban J connectivity index is 1.84. The van der Waals surface area contributed by atoms with E-state index in [1.165, 1.54) is 0 Å². The summed E-state index contributed by atoms with van der Waals surface area (Å²) in [5, 5.41) is 12.0. The Bertz CT molecular complexity index is 342. The Labute approximate surface area is 113 Å². The van der Waals surface area contributed by atoms with Crippen molar-refractivity contribution in [2.45, 2.75) is 44.7 Å². The molecule has 2 fully saturated rings. The van der Waals surface area contributed by atoms with E-state index in [2.05, 4.69) is 5.32 Å². The first kappa shape index (κ1) is 14.1. The molecule has 0 saturated carbocycles. The lowest BCUT2D eigenvalue weighted by atomic mass is 9.92. The molecule has 6 heteroatoms. The third-order valence-electron chi connectivity index (χ3n) is 3.97. The van der Waals surface area contributed by atoms with E-state index in [0.29, 0.717) is 26.0 Å². The molecule has 2 saturated heterocycles. The first-order valence-corrected chi connectivity index (χ1v) is 6.95. The molecule has 19 heavy (non-hydrogen) atoms. The van der Waals surface area contributed by atoms with Gasteiger partial charge in [0.15, 0.2) is 0 Å². The van der Waals surface area contributed by atoms with Gasteiger partial charge in [-0.05, 0) is 32.6 Å². The molecule has 0 aromatic carbocycles. The second-order valence-corrected chi connectivity index (χ2v) is 5.47. The largest absolute Gasteiger partial charge is 0.481 e. The third-order valence-corrected chi connectivity index (χ3v) is 3.97. The molecule has 2 amide bonds. The molecule has 2 aliphatic heterocycles. The van der Waals surface area contributed by atoms with Crippen LogP contribution in [-0.2, 0) is 9.53 Å². The molecule has 6 nitrogen and oxygen atoms in total. The van der Waals surface area contributed by atoms with Crippen LogP contribution in [0.15, 0.2) is 0 Å². The van der Waals surface area contributed by atoms with Crippen molar-refractivity contribution >= 4 is 12.0 Å². The number of likely N-dealkylation sites (tertiary alicyclic amines) is 1. The molecule has 0 bridgehead atoms. The summed E-state index contributed by atoms with van der Waals surface area (Å²) >= 11 is 0. The average Bonchev–Trinajstić information content (AvgIpc) is 2.39. The van der Waals surface area contributed by atoms with Crippen LogP contribution in [-0.4, -0.2) is 53.8 Å². The maximum Gasteiger partial charge on any atom is 0.317 e. The van der Waals surface area contributed by atoms with E-state index in [-0.39, 0.29) is 24.0 Å². The minimum atomic E-state index is -0.757. The Morgan fingerprint density at radius 3 is 2.74 bits per heavy atom. The van der Waals surface area contributed by atoms with Crippen molar-refractivity contribution in [2.24, 2.45) is 5.92 Å². The van der Waals surface area contributed by atoms with E-state index in [0.717, 1.165) is 19.4 Å². The maximum absolute atomic E-state index is 12.2. The van der Waals surface area contributed by atoms with Crippen molar-refractivity contribution in [3.05, 3.63) is 0 Å². The minimum Gasteiger partial charge on any atom is -0.481 e. The van der Waals surface area contributed by atoms with Crippen LogP contribution in [0.3, 0.4) is 0 Å². The van der Waals surface area contributed by atoms with Crippen molar-refractivity contribution in [3.8, 4) is 0 Å². The maximum atomic E-state index is 12.2. The van der Waals surface area contributed by atoms with Gasteiger partial charge in [-0.2, -0.15) is 0 Å². The van der Waals surface area contributed by atoms with Gasteiger partial charge in [0, 0.05) is 19.2 Å². The molecule has 2 aliphatic rings. The number of carboxylic acid groups (broad SMARTS) is 1. The van der Waals surface area contributed by atoms with Crippen LogP contribution in [0.5, 0.6) is 0 Å². The molecule has 2 heterocycles. The van der Waals surface area contributed by atoms with Gasteiger partial charge >= 0.3 is 12.0 Å². The summed E-state index contributed by atoms with van der Waals surface area (Å²) in [6, 6.07) is -0.0307. The number of aliphatic carboxylic acids is 1. The molecule has 3 atom stereocenters. The molecular weight excluding hydrogens is 248 g/mol. The van der Waals surface area contributed by atoms with E-state index in [4.69, 9.17) is 9.84 Å². The van der Waals surface area contributed by atoms with Gasteiger partial charge in [-0.25, -0.2) is 4.79 Å². The summed E-state index contributed by atoms with van der Waals surface area (Å²) < 4.78 is 5.33. The van der Waals surface area contributed by atoms with Crippen LogP contribution in [0.2, 0.25) is 0 Å². The topological polar surface area (TPSA) is 78.9 Å². The first-order valence-electron chi connectivity index (χ1n) is 6.95. The predicted molar refractivity (Wildman–Crippen MR) is 68.9 cm³/mol. The fourth-order valence-electron chi connectivity index (χ4n) is 2.81. The smallest absolute Gasteiger partial charge is 0.317 e. The number of carbonyl (C=O) groups excluding carboxylic acids is 1. The number of amides is 2. The summed E-state index contributed by atoms with van der Waals surface area (Å²) in [4.78, 5) is 24.9. The number of nitrogens with one attached hydrogen (secondary N) is 1. The van der Waals surface area contributed by atoms with E-state index in [9.17, 15) is 9.59 Å². The van der Waals surface area contributed by atoms with E-state index in [1.807, 2.05) is 6.92 Å². The zero-order chi connectivity index (χ0) is 13.8. The standard InChI is InChI=1S/C13H22N2O4/c1-9-7-10(12(16)17)4-5-15(9)13(18)14-11-3-2-6-19-8-11/h9-11H,2-8H2,1H3,(H,14,18)(H,16,17). The Morgan fingerprint density at radius 2 is 2.16 bits per heavy atom. The van der Waals surface area contributed by atoms with Crippen LogP contribution in [0.1, 0.15) is 32.6 Å². The lowest BCUT2D eigenvalue weighted by Gasteiger charge is -2.37. The van der Waals surface area contributed by atoms with Gasteiger partial charge in [0.25, 0.3) is 0 Å². The van der Waals surface area contributed by atoms with Crippen molar-refractivity contribution in [2.75, 3.05) is 19.8 Å². The Morgan fingerprint density at radius 1 is 1.37 bits per heavy atom. The first-order chi connectivity index (χ1) is 9.08. The summed E-state index contributed by atoms with van der Waals surface area (Å²) in [7, 11) is 0. The van der Waals surface area contributed by atoms with E-state index < -0.39 is 5.97 Å². The van der Waals surface area contributed by atoms with Crippen LogP contribution < -0.4 is 5.32 Å². The third kappa shape index (κ3) is 3.59. The second-order valence-electron chi connectivity index (χ2n) is 5.47. The normalized spacial score (nSPS) is 31.8. The number of carboxylic acids is 1. The van der Waals surface area contributed by atoms with Gasteiger partial charge in [-0.1, -0.05) is 0 Å². The highest BCUT2D eigenvalue weighted by molar-refractivity contribution is 5.76. The van der Waals surface area contributed by atoms with E-state index >= 15 is 0 Å². The molecule has 2 rings (SSSR count). The second kappa shape index (κ2) is 6.23. The lowest BCUT2D eigenvalue weighted by Crippen LogP contribution is -2.53. The molecule has 108 valence electrons. The fraction of sp³-hybridized carbons (Fsp3) is 0.846. The lowest BCUT2D eigenvalue weighted by molar-refractivity contribution is -0.143. The number of rotatable bonds is 2. The van der Waals surface area contributed by atoms with Gasteiger partial charge in [0.2, 0.25) is 0 Å². The molecular formula is C13H22N2O4. The monoisotopic (exact) mass is 270 g/mol. The number of nitrogens with zero attached hydrogens (tertiary/aromatic N) is 1. The number of ether oxygens (including phenoxy) is 1. The SMILES string of the molecule is CC1CC(C(=O)O)CCN1C(=O)NC1CCCOC1. The molecule has 0 spiro atoms. The number of hydrogen-bond donors (Lipinski definition) is 2. The van der Waals surface area contributed by atoms with Crippen LogP contribution in [0.25, 0.3) is 0 Å².